The molecule has 0 saturated carbocycles. The fourth-order valence-electron chi connectivity index (χ4n) is 1.82. The van der Waals surface area contributed by atoms with E-state index in [2.05, 4.69) is 10.6 Å². The van der Waals surface area contributed by atoms with Crippen molar-refractivity contribution in [1.82, 2.24) is 0 Å². The third-order valence-corrected chi connectivity index (χ3v) is 2.85. The standard InChI is InChI=1S/C15H17N3O3/c1-20-13-6-4-3-5-12(13)18-15(19)17-10-7-8-11(16)14(9-10)21-2/h3-9H,16H2,1-2H3,(H2,17,18,19). The van der Waals surface area contributed by atoms with E-state index in [1.165, 1.54) is 7.11 Å². The number of hydrogen-bond donors (Lipinski definition) is 3. The number of ether oxygens (including phenoxy) is 2. The number of rotatable bonds is 4. The van der Waals surface area contributed by atoms with Crippen LogP contribution < -0.4 is 25.8 Å². The number of carbonyl (C=O) groups excluding carboxylic acids is 1. The van der Waals surface area contributed by atoms with Crippen molar-refractivity contribution < 1.29 is 14.3 Å². The number of urea groups is 1. The van der Waals surface area contributed by atoms with E-state index in [4.69, 9.17) is 15.2 Å². The Morgan fingerprint density at radius 3 is 2.43 bits per heavy atom. The van der Waals surface area contributed by atoms with Crippen molar-refractivity contribution in [2.75, 3.05) is 30.6 Å². The fourth-order valence-corrected chi connectivity index (χ4v) is 1.82. The van der Waals surface area contributed by atoms with Gasteiger partial charge in [-0.2, -0.15) is 0 Å². The van der Waals surface area contributed by atoms with E-state index in [9.17, 15) is 4.79 Å². The van der Waals surface area contributed by atoms with Crippen LogP contribution in [-0.4, -0.2) is 20.3 Å². The van der Waals surface area contributed by atoms with Crippen LogP contribution in [0, 0.1) is 0 Å². The minimum atomic E-state index is -0.383. The lowest BCUT2D eigenvalue weighted by Gasteiger charge is -2.12. The van der Waals surface area contributed by atoms with Crippen molar-refractivity contribution in [1.29, 1.82) is 0 Å². The summed E-state index contributed by atoms with van der Waals surface area (Å²) in [6, 6.07) is 11.8. The zero-order valence-electron chi connectivity index (χ0n) is 11.8. The minimum absolute atomic E-state index is 0.383. The molecule has 6 nitrogen and oxygen atoms in total. The maximum absolute atomic E-state index is 12.0. The number of amides is 2. The number of methoxy groups -OCH3 is 2. The summed E-state index contributed by atoms with van der Waals surface area (Å²) in [5.41, 5.74) is 7.39. The summed E-state index contributed by atoms with van der Waals surface area (Å²) in [5.74, 6) is 1.09. The smallest absolute Gasteiger partial charge is 0.323 e. The van der Waals surface area contributed by atoms with Gasteiger partial charge < -0.3 is 25.8 Å². The number of benzene rings is 2. The zero-order chi connectivity index (χ0) is 15.2. The van der Waals surface area contributed by atoms with E-state index in [0.717, 1.165) is 0 Å². The van der Waals surface area contributed by atoms with Gasteiger partial charge in [0, 0.05) is 11.8 Å². The van der Waals surface area contributed by atoms with Gasteiger partial charge in [0.1, 0.15) is 11.5 Å². The Morgan fingerprint density at radius 1 is 1.00 bits per heavy atom. The second-order valence-electron chi connectivity index (χ2n) is 4.24. The summed E-state index contributed by atoms with van der Waals surface area (Å²) in [4.78, 5) is 12.0. The second kappa shape index (κ2) is 6.51. The van der Waals surface area contributed by atoms with Gasteiger partial charge in [0.2, 0.25) is 0 Å². The Hall–Kier alpha value is -2.89. The van der Waals surface area contributed by atoms with Crippen LogP contribution in [-0.2, 0) is 0 Å². The number of nitrogens with one attached hydrogen (secondary N) is 2. The molecule has 21 heavy (non-hydrogen) atoms. The number of nitrogens with two attached hydrogens (primary N) is 1. The zero-order valence-corrected chi connectivity index (χ0v) is 11.8. The maximum atomic E-state index is 12.0. The van der Waals surface area contributed by atoms with Gasteiger partial charge in [-0.15, -0.1) is 0 Å². The van der Waals surface area contributed by atoms with Crippen molar-refractivity contribution in [3.05, 3.63) is 42.5 Å². The van der Waals surface area contributed by atoms with E-state index in [1.54, 1.807) is 37.4 Å². The van der Waals surface area contributed by atoms with Gasteiger partial charge in [-0.1, -0.05) is 12.1 Å². The van der Waals surface area contributed by atoms with Gasteiger partial charge in [0.05, 0.1) is 25.6 Å². The third kappa shape index (κ3) is 3.56. The van der Waals surface area contributed by atoms with Gasteiger partial charge in [-0.05, 0) is 24.3 Å². The molecule has 0 aliphatic heterocycles. The second-order valence-corrected chi connectivity index (χ2v) is 4.24. The van der Waals surface area contributed by atoms with Crippen LogP contribution in [0.3, 0.4) is 0 Å². The lowest BCUT2D eigenvalue weighted by atomic mass is 10.2. The first-order valence-corrected chi connectivity index (χ1v) is 6.28. The summed E-state index contributed by atoms with van der Waals surface area (Å²) < 4.78 is 10.3. The molecular formula is C15H17N3O3. The van der Waals surface area contributed by atoms with Crippen LogP contribution in [0.5, 0.6) is 11.5 Å². The van der Waals surface area contributed by atoms with Crippen LogP contribution in [0.2, 0.25) is 0 Å². The summed E-state index contributed by atoms with van der Waals surface area (Å²) in [5, 5.41) is 5.42. The molecule has 0 spiro atoms. The Balaban J connectivity index is 2.08. The van der Waals surface area contributed by atoms with Gasteiger partial charge in [-0.25, -0.2) is 4.79 Å². The molecule has 0 unspecified atom stereocenters. The first-order chi connectivity index (χ1) is 10.1. The molecule has 0 bridgehead atoms. The Labute approximate surface area is 122 Å². The van der Waals surface area contributed by atoms with Crippen LogP contribution in [0.4, 0.5) is 21.9 Å². The first kappa shape index (κ1) is 14.5. The van der Waals surface area contributed by atoms with Crippen LogP contribution in [0.15, 0.2) is 42.5 Å². The monoisotopic (exact) mass is 287 g/mol. The van der Waals surface area contributed by atoms with Crippen molar-refractivity contribution in [3.8, 4) is 11.5 Å². The molecule has 2 amide bonds. The maximum Gasteiger partial charge on any atom is 0.323 e. The fraction of sp³-hybridized carbons (Fsp3) is 0.133. The molecule has 2 aromatic rings. The van der Waals surface area contributed by atoms with E-state index in [0.29, 0.717) is 28.6 Å². The summed E-state index contributed by atoms with van der Waals surface area (Å²) >= 11 is 0. The van der Waals surface area contributed by atoms with Gasteiger partial charge in [0.25, 0.3) is 0 Å². The Morgan fingerprint density at radius 2 is 1.71 bits per heavy atom. The average molecular weight is 287 g/mol. The predicted octanol–water partition coefficient (Wildman–Crippen LogP) is 2.93. The lowest BCUT2D eigenvalue weighted by molar-refractivity contribution is 0.262. The Bertz CT molecular complexity index is 644. The molecule has 0 aliphatic rings. The van der Waals surface area contributed by atoms with E-state index in [1.807, 2.05) is 12.1 Å². The van der Waals surface area contributed by atoms with Crippen molar-refractivity contribution in [2.45, 2.75) is 0 Å². The number of carbonyl (C=O) groups is 1. The molecule has 2 aromatic carbocycles. The summed E-state index contributed by atoms with van der Waals surface area (Å²) in [7, 11) is 3.06. The predicted molar refractivity (Wildman–Crippen MR) is 83.0 cm³/mol. The van der Waals surface area contributed by atoms with Crippen molar-refractivity contribution in [2.24, 2.45) is 0 Å². The SMILES string of the molecule is COc1cc(NC(=O)Nc2ccccc2OC)ccc1N. The van der Waals surface area contributed by atoms with Crippen LogP contribution in [0.25, 0.3) is 0 Å². The quantitative estimate of drug-likeness (QED) is 0.755. The highest BCUT2D eigenvalue weighted by molar-refractivity contribution is 6.00. The van der Waals surface area contributed by atoms with Gasteiger partial charge >= 0.3 is 6.03 Å². The van der Waals surface area contributed by atoms with Gasteiger partial charge in [-0.3, -0.25) is 0 Å². The molecule has 4 N–H and O–H groups in total. The molecular weight excluding hydrogens is 270 g/mol. The van der Waals surface area contributed by atoms with E-state index < -0.39 is 0 Å². The highest BCUT2D eigenvalue weighted by atomic mass is 16.5. The average Bonchev–Trinajstić information content (AvgIpc) is 2.49. The van der Waals surface area contributed by atoms with Crippen LogP contribution in [0.1, 0.15) is 0 Å². The summed E-state index contributed by atoms with van der Waals surface area (Å²) in [6.07, 6.45) is 0. The molecule has 0 heterocycles. The van der Waals surface area contributed by atoms with Gasteiger partial charge in [0.15, 0.2) is 0 Å². The molecule has 6 heteroatoms. The van der Waals surface area contributed by atoms with Crippen molar-refractivity contribution in [3.63, 3.8) is 0 Å². The molecule has 110 valence electrons. The molecule has 0 fully saturated rings. The van der Waals surface area contributed by atoms with E-state index in [-0.39, 0.29) is 6.03 Å². The number of hydrogen-bond acceptors (Lipinski definition) is 4. The third-order valence-electron chi connectivity index (χ3n) is 2.85. The first-order valence-electron chi connectivity index (χ1n) is 6.28. The molecule has 0 aromatic heterocycles. The molecule has 0 aliphatic carbocycles. The molecule has 0 radical (unpaired) electrons. The number of nitrogen functional groups attached to an aromatic ring is 1. The minimum Gasteiger partial charge on any atom is -0.495 e. The highest BCUT2D eigenvalue weighted by Gasteiger charge is 2.08. The summed E-state index contributed by atoms with van der Waals surface area (Å²) in [6.45, 7) is 0. The number of anilines is 3. The Kier molecular flexibility index (Phi) is 4.50. The highest BCUT2D eigenvalue weighted by Crippen LogP contribution is 2.26. The molecule has 0 atom stereocenters. The normalized spacial score (nSPS) is 9.81. The number of para-hydroxylation sites is 2. The largest absolute Gasteiger partial charge is 0.495 e. The van der Waals surface area contributed by atoms with E-state index >= 15 is 0 Å². The lowest BCUT2D eigenvalue weighted by Crippen LogP contribution is -2.19. The molecule has 2 rings (SSSR count). The molecule has 0 saturated heterocycles. The van der Waals surface area contributed by atoms with Crippen molar-refractivity contribution >= 4 is 23.1 Å². The van der Waals surface area contributed by atoms with Crippen LogP contribution >= 0.6 is 0 Å². The topological polar surface area (TPSA) is 85.6 Å².